The van der Waals surface area contributed by atoms with Crippen molar-refractivity contribution in [1.82, 2.24) is 10.2 Å². The number of carbonyl (C=O) groups excluding carboxylic acids is 2. The molecule has 2 aromatic carbocycles. The number of ether oxygens (including phenoxy) is 1. The second-order valence-corrected chi connectivity index (χ2v) is 7.86. The molecule has 2 aliphatic rings. The summed E-state index contributed by atoms with van der Waals surface area (Å²) in [6.45, 7) is 4.91. The average Bonchev–Trinajstić information content (AvgIpc) is 2.74. The molecule has 29 heavy (non-hydrogen) atoms. The van der Waals surface area contributed by atoms with Crippen LogP contribution in [0.25, 0.3) is 0 Å². The van der Waals surface area contributed by atoms with Crippen LogP contribution in [0.4, 0.5) is 5.69 Å². The van der Waals surface area contributed by atoms with Gasteiger partial charge in [-0.3, -0.25) is 14.5 Å². The number of benzene rings is 2. The SMILES string of the molecule is CC1CCCCN1Cc1ccc(CNC(=O)c2ccc3c(c2)OCC(=O)N3)cc1. The average molecular weight is 393 g/mol. The van der Waals surface area contributed by atoms with Crippen molar-refractivity contribution in [3.05, 3.63) is 59.2 Å². The van der Waals surface area contributed by atoms with Crippen LogP contribution in [-0.4, -0.2) is 35.9 Å². The number of nitrogens with one attached hydrogen (secondary N) is 2. The van der Waals surface area contributed by atoms with Crippen molar-refractivity contribution < 1.29 is 14.3 Å². The van der Waals surface area contributed by atoms with Gasteiger partial charge in [0, 0.05) is 24.7 Å². The highest BCUT2D eigenvalue weighted by Crippen LogP contribution is 2.28. The van der Waals surface area contributed by atoms with Crippen LogP contribution in [-0.2, 0) is 17.9 Å². The van der Waals surface area contributed by atoms with E-state index >= 15 is 0 Å². The minimum absolute atomic E-state index is 0.0272. The van der Waals surface area contributed by atoms with Crippen molar-refractivity contribution in [2.24, 2.45) is 0 Å². The zero-order valence-corrected chi connectivity index (χ0v) is 16.7. The minimum Gasteiger partial charge on any atom is -0.482 e. The molecule has 1 atom stereocenters. The third-order valence-corrected chi connectivity index (χ3v) is 5.68. The van der Waals surface area contributed by atoms with Gasteiger partial charge in [-0.25, -0.2) is 0 Å². The van der Waals surface area contributed by atoms with Crippen molar-refractivity contribution in [2.75, 3.05) is 18.5 Å². The first kappa shape index (κ1) is 19.5. The summed E-state index contributed by atoms with van der Waals surface area (Å²) < 4.78 is 5.38. The van der Waals surface area contributed by atoms with Crippen LogP contribution in [0, 0.1) is 0 Å². The standard InChI is InChI=1S/C23H27N3O3/c1-16-4-2-3-11-26(16)14-18-7-5-17(6-8-18)13-24-23(28)19-9-10-20-21(12-19)29-15-22(27)25-20/h5-10,12,16H,2-4,11,13-15H2,1H3,(H,24,28)(H,25,27). The van der Waals surface area contributed by atoms with Crippen LogP contribution in [0.5, 0.6) is 5.75 Å². The largest absolute Gasteiger partial charge is 0.482 e. The van der Waals surface area contributed by atoms with E-state index in [1.54, 1.807) is 18.2 Å². The molecule has 1 saturated heterocycles. The first-order valence-corrected chi connectivity index (χ1v) is 10.3. The van der Waals surface area contributed by atoms with Crippen LogP contribution in [0.3, 0.4) is 0 Å². The van der Waals surface area contributed by atoms with Crippen LogP contribution in [0.15, 0.2) is 42.5 Å². The number of piperidine rings is 1. The Bertz CT molecular complexity index is 895. The van der Waals surface area contributed by atoms with E-state index in [1.807, 2.05) is 0 Å². The van der Waals surface area contributed by atoms with E-state index in [1.165, 1.54) is 31.4 Å². The summed E-state index contributed by atoms with van der Waals surface area (Å²) in [6, 6.07) is 14.1. The smallest absolute Gasteiger partial charge is 0.262 e. The molecule has 0 aliphatic carbocycles. The molecule has 1 unspecified atom stereocenters. The van der Waals surface area contributed by atoms with E-state index in [0.717, 1.165) is 12.1 Å². The molecule has 0 aromatic heterocycles. The number of carbonyl (C=O) groups is 2. The summed E-state index contributed by atoms with van der Waals surface area (Å²) in [5.74, 6) is 0.168. The highest BCUT2D eigenvalue weighted by molar-refractivity contribution is 5.98. The van der Waals surface area contributed by atoms with Crippen LogP contribution < -0.4 is 15.4 Å². The van der Waals surface area contributed by atoms with Gasteiger partial charge in [0.25, 0.3) is 11.8 Å². The number of hydrogen-bond acceptors (Lipinski definition) is 4. The van der Waals surface area contributed by atoms with E-state index in [4.69, 9.17) is 4.74 Å². The maximum atomic E-state index is 12.5. The topological polar surface area (TPSA) is 70.7 Å². The van der Waals surface area contributed by atoms with Crippen molar-refractivity contribution in [1.29, 1.82) is 0 Å². The predicted octanol–water partition coefficient (Wildman–Crippen LogP) is 3.32. The Kier molecular flexibility index (Phi) is 5.81. The fourth-order valence-corrected chi connectivity index (χ4v) is 3.89. The molecular weight excluding hydrogens is 366 g/mol. The Labute approximate surface area is 171 Å². The van der Waals surface area contributed by atoms with Gasteiger partial charge in [-0.15, -0.1) is 0 Å². The highest BCUT2D eigenvalue weighted by Gasteiger charge is 2.19. The second kappa shape index (κ2) is 8.66. The molecule has 1 fully saturated rings. The highest BCUT2D eigenvalue weighted by atomic mass is 16.5. The van der Waals surface area contributed by atoms with Gasteiger partial charge in [-0.1, -0.05) is 30.7 Å². The summed E-state index contributed by atoms with van der Waals surface area (Å²) in [7, 11) is 0. The van der Waals surface area contributed by atoms with Gasteiger partial charge in [0.15, 0.2) is 6.61 Å². The van der Waals surface area contributed by atoms with Gasteiger partial charge in [-0.05, 0) is 55.6 Å². The first-order valence-electron chi connectivity index (χ1n) is 10.3. The summed E-state index contributed by atoms with van der Waals surface area (Å²) in [5, 5.41) is 5.67. The maximum absolute atomic E-state index is 12.5. The van der Waals surface area contributed by atoms with Crippen molar-refractivity contribution >= 4 is 17.5 Å². The molecule has 2 amide bonds. The zero-order chi connectivity index (χ0) is 20.2. The number of likely N-dealkylation sites (tertiary alicyclic amines) is 1. The molecule has 6 heteroatoms. The number of nitrogens with zero attached hydrogens (tertiary/aromatic N) is 1. The zero-order valence-electron chi connectivity index (χ0n) is 16.7. The molecular formula is C23H27N3O3. The normalized spacial score (nSPS) is 19.1. The van der Waals surface area contributed by atoms with Crippen molar-refractivity contribution in [3.8, 4) is 5.75 Å². The molecule has 0 spiro atoms. The third kappa shape index (κ3) is 4.77. The van der Waals surface area contributed by atoms with Gasteiger partial charge >= 0.3 is 0 Å². The Hall–Kier alpha value is -2.86. The van der Waals surface area contributed by atoms with Crippen LogP contribution in [0.1, 0.15) is 47.7 Å². The van der Waals surface area contributed by atoms with E-state index in [2.05, 4.69) is 46.7 Å². The summed E-state index contributed by atoms with van der Waals surface area (Å²) >= 11 is 0. The van der Waals surface area contributed by atoms with Crippen LogP contribution >= 0.6 is 0 Å². The molecule has 0 saturated carbocycles. The third-order valence-electron chi connectivity index (χ3n) is 5.68. The lowest BCUT2D eigenvalue weighted by atomic mass is 10.0. The molecule has 152 valence electrons. The van der Waals surface area contributed by atoms with Crippen LogP contribution in [0.2, 0.25) is 0 Å². The predicted molar refractivity (Wildman–Crippen MR) is 112 cm³/mol. The van der Waals surface area contributed by atoms with E-state index < -0.39 is 0 Å². The Morgan fingerprint density at radius 2 is 1.97 bits per heavy atom. The monoisotopic (exact) mass is 393 g/mol. The Morgan fingerprint density at radius 1 is 1.17 bits per heavy atom. The Morgan fingerprint density at radius 3 is 2.76 bits per heavy atom. The number of hydrogen-bond donors (Lipinski definition) is 2. The van der Waals surface area contributed by atoms with Gasteiger partial charge < -0.3 is 15.4 Å². The molecule has 6 nitrogen and oxygen atoms in total. The summed E-state index contributed by atoms with van der Waals surface area (Å²) in [5.41, 5.74) is 3.48. The van der Waals surface area contributed by atoms with Gasteiger partial charge in [-0.2, -0.15) is 0 Å². The number of rotatable bonds is 5. The second-order valence-electron chi connectivity index (χ2n) is 7.86. The molecule has 4 rings (SSSR count). The van der Waals surface area contributed by atoms with E-state index in [0.29, 0.717) is 29.6 Å². The molecule has 2 aliphatic heterocycles. The van der Waals surface area contributed by atoms with Crippen molar-refractivity contribution in [3.63, 3.8) is 0 Å². The number of amides is 2. The lowest BCUT2D eigenvalue weighted by molar-refractivity contribution is -0.118. The molecule has 0 bridgehead atoms. The fraction of sp³-hybridized carbons (Fsp3) is 0.391. The molecule has 2 aromatic rings. The van der Waals surface area contributed by atoms with Crippen molar-refractivity contribution in [2.45, 2.75) is 45.3 Å². The quantitative estimate of drug-likeness (QED) is 0.818. The maximum Gasteiger partial charge on any atom is 0.262 e. The lowest BCUT2D eigenvalue weighted by Gasteiger charge is -2.33. The summed E-state index contributed by atoms with van der Waals surface area (Å²) in [6.07, 6.45) is 3.90. The van der Waals surface area contributed by atoms with Gasteiger partial charge in [0.05, 0.1) is 5.69 Å². The van der Waals surface area contributed by atoms with E-state index in [9.17, 15) is 9.59 Å². The number of anilines is 1. The first-order chi connectivity index (χ1) is 14.1. The fourth-order valence-electron chi connectivity index (χ4n) is 3.89. The minimum atomic E-state index is -0.187. The summed E-state index contributed by atoms with van der Waals surface area (Å²) in [4.78, 5) is 26.4. The van der Waals surface area contributed by atoms with E-state index in [-0.39, 0.29) is 18.4 Å². The molecule has 0 radical (unpaired) electrons. The lowest BCUT2D eigenvalue weighted by Crippen LogP contribution is -2.36. The molecule has 2 N–H and O–H groups in total. The van der Waals surface area contributed by atoms with Gasteiger partial charge in [0.2, 0.25) is 0 Å². The number of fused-ring (bicyclic) bond motifs is 1. The van der Waals surface area contributed by atoms with Gasteiger partial charge in [0.1, 0.15) is 5.75 Å². The molecule has 2 heterocycles. The Balaban J connectivity index is 1.32.